The highest BCUT2D eigenvalue weighted by molar-refractivity contribution is 7.98. The Morgan fingerprint density at radius 3 is 2.86 bits per heavy atom. The van der Waals surface area contributed by atoms with Gasteiger partial charge in [0.1, 0.15) is 23.7 Å². The van der Waals surface area contributed by atoms with Crippen LogP contribution in [-0.2, 0) is 19.4 Å². The van der Waals surface area contributed by atoms with Crippen molar-refractivity contribution < 1.29 is 14.3 Å². The van der Waals surface area contributed by atoms with Crippen molar-refractivity contribution in [3.63, 3.8) is 0 Å². The Hall–Kier alpha value is -2.97. The summed E-state index contributed by atoms with van der Waals surface area (Å²) in [6.45, 7) is 0.227. The van der Waals surface area contributed by atoms with Crippen molar-refractivity contribution >= 4 is 34.3 Å². The van der Waals surface area contributed by atoms with Crippen LogP contribution in [0.15, 0.2) is 62.9 Å². The van der Waals surface area contributed by atoms with E-state index in [0.29, 0.717) is 33.1 Å². The first-order valence-corrected chi connectivity index (χ1v) is 10.0. The fraction of sp³-hybridized carbons (Fsp3) is 0.150. The molecule has 0 fully saturated rings. The fourth-order valence-corrected chi connectivity index (χ4v) is 3.89. The van der Waals surface area contributed by atoms with E-state index < -0.39 is 5.63 Å². The van der Waals surface area contributed by atoms with Gasteiger partial charge in [-0.1, -0.05) is 35.5 Å². The van der Waals surface area contributed by atoms with E-state index in [2.05, 4.69) is 10.2 Å². The zero-order chi connectivity index (χ0) is 20.4. The summed E-state index contributed by atoms with van der Waals surface area (Å²) in [5.74, 6) is 1.76. The van der Waals surface area contributed by atoms with Crippen molar-refractivity contribution in [1.82, 2.24) is 14.8 Å². The first-order chi connectivity index (χ1) is 14.0. The van der Waals surface area contributed by atoms with E-state index in [1.165, 1.54) is 23.9 Å². The topological polar surface area (TPSA) is 90.4 Å². The molecule has 0 radical (unpaired) electrons. The number of rotatable bonds is 6. The second-order valence-corrected chi connectivity index (χ2v) is 7.59. The number of thioether (sulfide) groups is 1. The Bertz CT molecular complexity index is 1240. The van der Waals surface area contributed by atoms with Crippen LogP contribution in [-0.4, -0.2) is 19.9 Å². The van der Waals surface area contributed by atoms with Gasteiger partial charge < -0.3 is 18.8 Å². The van der Waals surface area contributed by atoms with Crippen LogP contribution in [0.2, 0.25) is 5.02 Å². The predicted molar refractivity (Wildman–Crippen MR) is 110 cm³/mol. The fourth-order valence-electron chi connectivity index (χ4n) is 2.78. The van der Waals surface area contributed by atoms with Gasteiger partial charge in [-0.05, 0) is 29.8 Å². The van der Waals surface area contributed by atoms with Crippen LogP contribution in [0.3, 0.4) is 0 Å². The zero-order valence-corrected chi connectivity index (χ0v) is 16.9. The molecule has 0 atom stereocenters. The zero-order valence-electron chi connectivity index (χ0n) is 15.3. The van der Waals surface area contributed by atoms with E-state index in [-0.39, 0.29) is 12.4 Å². The number of hydrogen-bond acceptors (Lipinski definition) is 7. The minimum absolute atomic E-state index is 0.0434. The summed E-state index contributed by atoms with van der Waals surface area (Å²) in [5.41, 5.74) is 0.670. The van der Waals surface area contributed by atoms with Gasteiger partial charge in [0, 0.05) is 30.3 Å². The number of fused-ring (bicyclic) bond motifs is 1. The number of benzene rings is 2. The number of nitrogens with zero attached hydrogens (tertiary/aromatic N) is 3. The van der Waals surface area contributed by atoms with Gasteiger partial charge in [0.05, 0.1) is 5.02 Å². The number of ether oxygens (including phenoxy) is 1. The minimum atomic E-state index is -0.467. The third kappa shape index (κ3) is 4.23. The van der Waals surface area contributed by atoms with Gasteiger partial charge >= 0.3 is 5.63 Å². The van der Waals surface area contributed by atoms with Crippen LogP contribution >= 0.6 is 23.4 Å². The van der Waals surface area contributed by atoms with E-state index in [9.17, 15) is 9.90 Å². The van der Waals surface area contributed by atoms with Crippen LogP contribution in [0.4, 0.5) is 0 Å². The molecule has 1 N–H and O–H groups in total. The number of para-hydroxylation sites is 1. The summed E-state index contributed by atoms with van der Waals surface area (Å²) in [4.78, 5) is 11.8. The molecule has 0 aliphatic heterocycles. The molecule has 148 valence electrons. The SMILES string of the molecule is Cn1c(COc2ccccc2Cl)nnc1SCc1cc(=O)oc2cc(O)ccc12. The first-order valence-electron chi connectivity index (χ1n) is 8.65. The van der Waals surface area contributed by atoms with Gasteiger partial charge in [-0.15, -0.1) is 10.2 Å². The number of phenols is 1. The molecule has 0 spiro atoms. The standard InChI is InChI=1S/C20H16ClN3O4S/c1-24-18(10-27-16-5-3-2-4-15(16)21)22-23-20(24)29-11-12-8-19(26)28-17-9-13(25)6-7-14(12)17/h2-9,25H,10-11H2,1H3. The van der Waals surface area contributed by atoms with Crippen LogP contribution in [0.25, 0.3) is 11.0 Å². The molecule has 0 bridgehead atoms. The lowest BCUT2D eigenvalue weighted by molar-refractivity contribution is 0.290. The Kier molecular flexibility index (Phi) is 5.46. The Balaban J connectivity index is 1.49. The highest BCUT2D eigenvalue weighted by Crippen LogP contribution is 2.28. The monoisotopic (exact) mass is 429 g/mol. The average molecular weight is 430 g/mol. The number of aromatic hydroxyl groups is 1. The smallest absolute Gasteiger partial charge is 0.336 e. The molecule has 7 nitrogen and oxygen atoms in total. The number of aromatic nitrogens is 3. The van der Waals surface area contributed by atoms with Crippen molar-refractivity contribution in [1.29, 1.82) is 0 Å². The van der Waals surface area contributed by atoms with Crippen LogP contribution in [0, 0.1) is 0 Å². The average Bonchev–Trinajstić information content (AvgIpc) is 3.04. The maximum absolute atomic E-state index is 11.8. The summed E-state index contributed by atoms with van der Waals surface area (Å²) in [6.07, 6.45) is 0. The second kappa shape index (κ2) is 8.18. The van der Waals surface area contributed by atoms with Crippen molar-refractivity contribution in [2.24, 2.45) is 7.05 Å². The largest absolute Gasteiger partial charge is 0.508 e. The molecule has 0 unspecified atom stereocenters. The van der Waals surface area contributed by atoms with Crippen LogP contribution in [0.5, 0.6) is 11.5 Å². The van der Waals surface area contributed by atoms with E-state index in [1.54, 1.807) is 24.3 Å². The normalized spacial score (nSPS) is 11.1. The molecule has 0 amide bonds. The van der Waals surface area contributed by atoms with E-state index >= 15 is 0 Å². The van der Waals surface area contributed by atoms with Crippen molar-refractivity contribution in [2.45, 2.75) is 17.5 Å². The van der Waals surface area contributed by atoms with Crippen molar-refractivity contribution in [3.8, 4) is 11.5 Å². The van der Waals surface area contributed by atoms with Gasteiger partial charge in [0.15, 0.2) is 11.0 Å². The molecule has 9 heteroatoms. The van der Waals surface area contributed by atoms with Gasteiger partial charge in [0.25, 0.3) is 0 Å². The molecule has 0 saturated heterocycles. The van der Waals surface area contributed by atoms with Gasteiger partial charge in [-0.25, -0.2) is 4.79 Å². The Morgan fingerprint density at radius 1 is 1.21 bits per heavy atom. The molecule has 2 heterocycles. The molecular formula is C20H16ClN3O4S. The number of hydrogen-bond donors (Lipinski definition) is 1. The molecule has 0 aliphatic carbocycles. The van der Waals surface area contributed by atoms with Gasteiger partial charge in [-0.2, -0.15) is 0 Å². The lowest BCUT2D eigenvalue weighted by atomic mass is 10.1. The third-order valence-corrected chi connectivity index (χ3v) is 5.67. The van der Waals surface area contributed by atoms with Gasteiger partial charge in [-0.3, -0.25) is 0 Å². The van der Waals surface area contributed by atoms with Crippen LogP contribution < -0.4 is 10.4 Å². The quantitative estimate of drug-likeness (QED) is 0.363. The second-order valence-electron chi connectivity index (χ2n) is 6.24. The summed E-state index contributed by atoms with van der Waals surface area (Å²) in [5, 5.41) is 20.0. The van der Waals surface area contributed by atoms with Crippen molar-refractivity contribution in [3.05, 3.63) is 75.4 Å². The van der Waals surface area contributed by atoms with E-state index in [0.717, 1.165) is 10.9 Å². The third-order valence-electron chi connectivity index (χ3n) is 4.29. The molecule has 2 aromatic carbocycles. The Morgan fingerprint density at radius 2 is 2.03 bits per heavy atom. The lowest BCUT2D eigenvalue weighted by Crippen LogP contribution is -2.04. The predicted octanol–water partition coefficient (Wildman–Crippen LogP) is 4.15. The van der Waals surface area contributed by atoms with Gasteiger partial charge in [0.2, 0.25) is 0 Å². The summed E-state index contributed by atoms with van der Waals surface area (Å²) in [7, 11) is 1.85. The Labute approximate surface area is 174 Å². The van der Waals surface area contributed by atoms with E-state index in [4.69, 9.17) is 20.8 Å². The summed E-state index contributed by atoms with van der Waals surface area (Å²) < 4.78 is 12.7. The van der Waals surface area contributed by atoms with Crippen molar-refractivity contribution in [2.75, 3.05) is 0 Å². The van der Waals surface area contributed by atoms with E-state index in [1.807, 2.05) is 23.7 Å². The molecule has 29 heavy (non-hydrogen) atoms. The molecule has 4 rings (SSSR count). The molecule has 2 aromatic heterocycles. The number of halogens is 1. The number of phenolic OH excluding ortho intramolecular Hbond substituents is 1. The molecule has 4 aromatic rings. The molecule has 0 saturated carbocycles. The minimum Gasteiger partial charge on any atom is -0.508 e. The summed E-state index contributed by atoms with van der Waals surface area (Å²) >= 11 is 7.54. The maximum atomic E-state index is 11.8. The first kappa shape index (κ1) is 19.4. The molecular weight excluding hydrogens is 414 g/mol. The maximum Gasteiger partial charge on any atom is 0.336 e. The summed E-state index contributed by atoms with van der Waals surface area (Å²) in [6, 6.07) is 13.4. The highest BCUT2D eigenvalue weighted by atomic mass is 35.5. The highest BCUT2D eigenvalue weighted by Gasteiger charge is 2.13. The van der Waals surface area contributed by atoms with Crippen LogP contribution in [0.1, 0.15) is 11.4 Å². The lowest BCUT2D eigenvalue weighted by Gasteiger charge is -2.08. The molecule has 0 aliphatic rings.